The summed E-state index contributed by atoms with van der Waals surface area (Å²) in [5, 5.41) is 3.05. The average molecular weight is 430 g/mol. The summed E-state index contributed by atoms with van der Waals surface area (Å²) in [6, 6.07) is 8.52. The van der Waals surface area contributed by atoms with Crippen molar-refractivity contribution in [3.05, 3.63) is 42.5 Å². The van der Waals surface area contributed by atoms with Crippen molar-refractivity contribution in [2.75, 3.05) is 39.1 Å². The van der Waals surface area contributed by atoms with Crippen LogP contribution in [0.2, 0.25) is 0 Å². The number of likely N-dealkylation sites (N-methyl/N-ethyl adjacent to an activating group) is 1. The van der Waals surface area contributed by atoms with Gasteiger partial charge in [0.05, 0.1) is 6.10 Å². The van der Waals surface area contributed by atoms with Crippen LogP contribution >= 0.6 is 0 Å². The van der Waals surface area contributed by atoms with E-state index in [2.05, 4.69) is 42.9 Å². The molecule has 0 bridgehead atoms. The number of hydrogen-bond acceptors (Lipinski definition) is 3. The lowest BCUT2D eigenvalue weighted by Gasteiger charge is -2.34. The topological polar surface area (TPSA) is 44.8 Å². The quantitative estimate of drug-likeness (QED) is 0.322. The maximum atomic E-state index is 12.7. The molecular formula is C26H43N3O2. The number of aryl methyl sites for hydroxylation is 1. The van der Waals surface area contributed by atoms with Gasteiger partial charge in [0.2, 0.25) is 0 Å². The van der Waals surface area contributed by atoms with Crippen molar-refractivity contribution >= 4 is 11.7 Å². The molecule has 0 spiro atoms. The summed E-state index contributed by atoms with van der Waals surface area (Å²) in [5.74, 6) is 0. The summed E-state index contributed by atoms with van der Waals surface area (Å²) < 4.78 is 6.09. The molecule has 1 aliphatic carbocycles. The van der Waals surface area contributed by atoms with Crippen molar-refractivity contribution in [1.29, 1.82) is 0 Å². The Morgan fingerprint density at radius 3 is 2.48 bits per heavy atom. The standard InChI is InChI=1S/C26H43N3O2/c1-5-7-10-22-11-13-23(14-12-22)27-26(30)29(4)24-15-17-25(18-16-24)31-21-9-8-20-28(3)19-6-2/h6,11-14,24-25H,2,5,7-10,15-21H2,1,3-4H3,(H,27,30). The zero-order chi connectivity index (χ0) is 22.5. The van der Waals surface area contributed by atoms with E-state index in [4.69, 9.17) is 4.74 Å². The van der Waals surface area contributed by atoms with Crippen LogP contribution in [-0.2, 0) is 11.2 Å². The van der Waals surface area contributed by atoms with Gasteiger partial charge in [-0.1, -0.05) is 31.6 Å². The molecule has 31 heavy (non-hydrogen) atoms. The minimum Gasteiger partial charge on any atom is -0.378 e. The molecule has 0 unspecified atom stereocenters. The van der Waals surface area contributed by atoms with E-state index >= 15 is 0 Å². The molecule has 1 aromatic carbocycles. The highest BCUT2D eigenvalue weighted by Crippen LogP contribution is 2.25. The third kappa shape index (κ3) is 9.44. The molecule has 0 heterocycles. The molecule has 1 aliphatic rings. The SMILES string of the molecule is C=CCN(C)CCCCOC1CCC(N(C)C(=O)Nc2ccc(CCCC)cc2)CC1. The van der Waals surface area contributed by atoms with E-state index in [0.29, 0.717) is 6.10 Å². The molecule has 1 saturated carbocycles. The largest absolute Gasteiger partial charge is 0.378 e. The molecule has 5 nitrogen and oxygen atoms in total. The normalized spacial score (nSPS) is 18.7. The van der Waals surface area contributed by atoms with Crippen molar-refractivity contribution < 1.29 is 9.53 Å². The summed E-state index contributed by atoms with van der Waals surface area (Å²) in [5.41, 5.74) is 2.20. The minimum absolute atomic E-state index is 0.0191. The van der Waals surface area contributed by atoms with E-state index in [9.17, 15) is 4.79 Å². The van der Waals surface area contributed by atoms with Gasteiger partial charge in [0.25, 0.3) is 0 Å². The van der Waals surface area contributed by atoms with E-state index in [1.807, 2.05) is 30.2 Å². The summed E-state index contributed by atoms with van der Waals surface area (Å²) >= 11 is 0. The lowest BCUT2D eigenvalue weighted by Crippen LogP contribution is -2.42. The van der Waals surface area contributed by atoms with Crippen molar-refractivity contribution in [2.24, 2.45) is 0 Å². The van der Waals surface area contributed by atoms with Gasteiger partial charge in [-0.25, -0.2) is 4.79 Å². The van der Waals surface area contributed by atoms with Gasteiger partial charge in [-0.3, -0.25) is 0 Å². The van der Waals surface area contributed by atoms with Gasteiger partial charge in [-0.05, 0) is 82.7 Å². The van der Waals surface area contributed by atoms with Gasteiger partial charge >= 0.3 is 6.03 Å². The van der Waals surface area contributed by atoms with Crippen LogP contribution in [0.4, 0.5) is 10.5 Å². The summed E-state index contributed by atoms with van der Waals surface area (Å²) in [7, 11) is 4.04. The maximum Gasteiger partial charge on any atom is 0.321 e. The predicted octanol–water partition coefficient (Wildman–Crippen LogP) is 5.72. The highest BCUT2D eigenvalue weighted by Gasteiger charge is 2.27. The first kappa shape index (κ1) is 25.4. The van der Waals surface area contributed by atoms with Crippen LogP contribution in [0, 0.1) is 0 Å². The number of ether oxygens (including phenoxy) is 1. The molecular weight excluding hydrogens is 386 g/mol. The Balaban J connectivity index is 1.63. The molecule has 0 aliphatic heterocycles. The highest BCUT2D eigenvalue weighted by molar-refractivity contribution is 5.89. The van der Waals surface area contributed by atoms with Gasteiger partial charge in [0.1, 0.15) is 0 Å². The summed E-state index contributed by atoms with van der Waals surface area (Å²) in [6.45, 7) is 8.84. The number of anilines is 1. The number of unbranched alkanes of at least 4 members (excludes halogenated alkanes) is 2. The second-order valence-electron chi connectivity index (χ2n) is 8.90. The number of hydrogen-bond donors (Lipinski definition) is 1. The van der Waals surface area contributed by atoms with Crippen molar-refractivity contribution in [3.8, 4) is 0 Å². The van der Waals surface area contributed by atoms with Crippen molar-refractivity contribution in [1.82, 2.24) is 9.80 Å². The van der Waals surface area contributed by atoms with Crippen LogP contribution in [0.1, 0.15) is 63.9 Å². The minimum atomic E-state index is -0.0191. The highest BCUT2D eigenvalue weighted by atomic mass is 16.5. The van der Waals surface area contributed by atoms with Crippen molar-refractivity contribution in [2.45, 2.75) is 76.9 Å². The van der Waals surface area contributed by atoms with E-state index in [1.165, 1.54) is 18.4 Å². The van der Waals surface area contributed by atoms with Crippen LogP contribution in [-0.4, -0.2) is 61.8 Å². The number of nitrogens with one attached hydrogen (secondary N) is 1. The number of amides is 2. The van der Waals surface area contributed by atoms with E-state index in [-0.39, 0.29) is 12.1 Å². The van der Waals surface area contributed by atoms with Crippen LogP contribution in [0.5, 0.6) is 0 Å². The lowest BCUT2D eigenvalue weighted by atomic mass is 9.92. The number of benzene rings is 1. The number of nitrogens with zero attached hydrogens (tertiary/aromatic N) is 2. The fraction of sp³-hybridized carbons (Fsp3) is 0.654. The molecule has 0 atom stereocenters. The van der Waals surface area contributed by atoms with Crippen LogP contribution < -0.4 is 5.32 Å². The number of rotatable bonds is 13. The summed E-state index contributed by atoms with van der Waals surface area (Å²) in [4.78, 5) is 16.8. The van der Waals surface area contributed by atoms with Gasteiger partial charge in [-0.15, -0.1) is 6.58 Å². The lowest BCUT2D eigenvalue weighted by molar-refractivity contribution is 0.0127. The molecule has 2 rings (SSSR count). The first-order valence-electron chi connectivity index (χ1n) is 12.1. The first-order chi connectivity index (χ1) is 15.0. The Morgan fingerprint density at radius 1 is 1.13 bits per heavy atom. The zero-order valence-corrected chi connectivity index (χ0v) is 19.9. The number of carbonyl (C=O) groups excluding carboxylic acids is 1. The molecule has 5 heteroatoms. The number of carbonyl (C=O) groups is 1. The fourth-order valence-electron chi connectivity index (χ4n) is 4.16. The zero-order valence-electron chi connectivity index (χ0n) is 19.9. The van der Waals surface area contributed by atoms with Crippen molar-refractivity contribution in [3.63, 3.8) is 0 Å². The fourth-order valence-corrected chi connectivity index (χ4v) is 4.16. The van der Waals surface area contributed by atoms with E-state index in [1.54, 1.807) is 0 Å². The summed E-state index contributed by atoms with van der Waals surface area (Å²) in [6.07, 6.45) is 12.1. The molecule has 1 fully saturated rings. The molecule has 2 amide bonds. The van der Waals surface area contributed by atoms with Gasteiger partial charge in [0.15, 0.2) is 0 Å². The molecule has 0 saturated heterocycles. The van der Waals surface area contributed by atoms with Crippen LogP contribution in [0.25, 0.3) is 0 Å². The Morgan fingerprint density at radius 2 is 1.84 bits per heavy atom. The molecule has 0 aromatic heterocycles. The average Bonchev–Trinajstić information content (AvgIpc) is 2.78. The van der Waals surface area contributed by atoms with E-state index in [0.717, 1.165) is 70.3 Å². The Bertz CT molecular complexity index is 639. The maximum absolute atomic E-state index is 12.7. The first-order valence-corrected chi connectivity index (χ1v) is 12.1. The van der Waals surface area contributed by atoms with Gasteiger partial charge < -0.3 is 19.9 Å². The second kappa shape index (κ2) is 14.3. The second-order valence-corrected chi connectivity index (χ2v) is 8.90. The Kier molecular flexibility index (Phi) is 11.7. The smallest absolute Gasteiger partial charge is 0.321 e. The molecule has 1 N–H and O–H groups in total. The van der Waals surface area contributed by atoms with Gasteiger partial charge in [0, 0.05) is 31.9 Å². The third-order valence-corrected chi connectivity index (χ3v) is 6.26. The van der Waals surface area contributed by atoms with E-state index < -0.39 is 0 Å². The van der Waals surface area contributed by atoms with Crippen LogP contribution in [0.3, 0.4) is 0 Å². The Hall–Kier alpha value is -1.85. The number of urea groups is 1. The predicted molar refractivity (Wildman–Crippen MR) is 131 cm³/mol. The van der Waals surface area contributed by atoms with Crippen LogP contribution in [0.15, 0.2) is 36.9 Å². The van der Waals surface area contributed by atoms with Gasteiger partial charge in [-0.2, -0.15) is 0 Å². The molecule has 174 valence electrons. The Labute approximate surface area is 189 Å². The molecule has 1 aromatic rings. The monoisotopic (exact) mass is 429 g/mol. The molecule has 0 radical (unpaired) electrons. The third-order valence-electron chi connectivity index (χ3n) is 6.26.